The van der Waals surface area contributed by atoms with Gasteiger partial charge in [0.1, 0.15) is 11.6 Å². The summed E-state index contributed by atoms with van der Waals surface area (Å²) < 4.78 is 1.45. The van der Waals surface area contributed by atoms with Crippen LogP contribution in [0.5, 0.6) is 0 Å². The van der Waals surface area contributed by atoms with E-state index in [9.17, 15) is 9.59 Å². The van der Waals surface area contributed by atoms with Gasteiger partial charge in [-0.2, -0.15) is 9.97 Å². The summed E-state index contributed by atoms with van der Waals surface area (Å²) in [5.74, 6) is 1.58. The molecule has 0 radical (unpaired) electrons. The lowest BCUT2D eigenvalue weighted by Gasteiger charge is -2.27. The number of nitrogens with one attached hydrogen (secondary N) is 5. The number of aryl methyl sites for hydroxylation is 2. The van der Waals surface area contributed by atoms with E-state index in [1.54, 1.807) is 44.7 Å². The van der Waals surface area contributed by atoms with Gasteiger partial charge in [0.15, 0.2) is 0 Å². The molecule has 0 fully saturated rings. The molecule has 4 aromatic rings. The van der Waals surface area contributed by atoms with E-state index in [1.165, 1.54) is 0 Å². The van der Waals surface area contributed by atoms with Crippen molar-refractivity contribution in [2.75, 3.05) is 56.8 Å². The predicted molar refractivity (Wildman–Crippen MR) is 234 cm³/mol. The minimum Gasteiger partial charge on any atom is -0.355 e. The van der Waals surface area contributed by atoms with Crippen LogP contribution < -0.4 is 31.5 Å². The first-order valence-electron chi connectivity index (χ1n) is 16.9. The van der Waals surface area contributed by atoms with Gasteiger partial charge in [-0.25, -0.2) is 9.97 Å². The summed E-state index contributed by atoms with van der Waals surface area (Å²) in [5, 5.41) is 14.9. The zero-order valence-corrected chi connectivity index (χ0v) is 37.9. The second kappa shape index (κ2) is 22.1. The Hall–Kier alpha value is -3.56. The summed E-state index contributed by atoms with van der Waals surface area (Å²) in [6.07, 6.45) is 3.30. The molecular formula is C38H54Br2Cl2N10O2. The quantitative estimate of drug-likeness (QED) is 0.103. The molecular weight excluding hydrogens is 859 g/mol. The molecule has 296 valence electrons. The van der Waals surface area contributed by atoms with Crippen molar-refractivity contribution in [1.82, 2.24) is 35.9 Å². The molecule has 54 heavy (non-hydrogen) atoms. The first-order chi connectivity index (χ1) is 24.7. The lowest BCUT2D eigenvalue weighted by molar-refractivity contribution is 0.0955. The van der Waals surface area contributed by atoms with Gasteiger partial charge in [-0.3, -0.25) is 9.59 Å². The molecule has 0 spiro atoms. The van der Waals surface area contributed by atoms with Crippen LogP contribution in [0.1, 0.15) is 73.4 Å². The molecule has 2 amide bonds. The van der Waals surface area contributed by atoms with Crippen molar-refractivity contribution in [2.45, 2.75) is 55.4 Å². The van der Waals surface area contributed by atoms with Gasteiger partial charge in [-0.15, -0.1) is 12.4 Å². The molecule has 0 atom stereocenters. The maximum Gasteiger partial charge on any atom is 0.251 e. The number of aromatic nitrogens is 4. The molecule has 0 saturated carbocycles. The van der Waals surface area contributed by atoms with E-state index < -0.39 is 0 Å². The standard InChI is InChI=1S/C19H26BrN5O.C13H12BrClN4O.C6H15N.ClH/c1-12-7-8-13(17(26)21-5)9-15(12)23-16-14(20)10-22-18(24-16)25(6)11-19(2,3)4;1-7-3-4-8(12(20)16-2)5-10(7)18-11-9(14)6-17-13(15)19-11;1-6(2,3)5-7-4;/h7-10H,11H2,1-6H3,(H,21,26)(H,22,23,24);3-6H,1-2H3,(H,16,20)(H,17,18,19);7H,5H2,1-4H3;1H. The maximum atomic E-state index is 11.9. The van der Waals surface area contributed by atoms with Gasteiger partial charge in [0.25, 0.3) is 11.8 Å². The third-order valence-electron chi connectivity index (χ3n) is 7.17. The van der Waals surface area contributed by atoms with Gasteiger partial charge >= 0.3 is 0 Å². The van der Waals surface area contributed by atoms with Gasteiger partial charge in [0.2, 0.25) is 11.2 Å². The molecule has 12 nitrogen and oxygen atoms in total. The number of rotatable bonds is 9. The van der Waals surface area contributed by atoms with Gasteiger partial charge in [0.05, 0.1) is 8.95 Å². The maximum absolute atomic E-state index is 11.9. The highest BCUT2D eigenvalue weighted by atomic mass is 79.9. The Labute approximate surface area is 348 Å². The number of anilines is 5. The third-order valence-corrected chi connectivity index (χ3v) is 8.51. The molecule has 0 saturated heterocycles. The number of halogens is 4. The van der Waals surface area contributed by atoms with Crippen LogP contribution in [0, 0.1) is 24.7 Å². The number of amides is 2. The molecule has 5 N–H and O–H groups in total. The zero-order valence-electron chi connectivity index (χ0n) is 33.1. The Kier molecular flexibility index (Phi) is 19.8. The van der Waals surface area contributed by atoms with Crippen molar-refractivity contribution in [3.05, 3.63) is 85.3 Å². The molecule has 0 aliphatic carbocycles. The Morgan fingerprint density at radius 3 is 1.57 bits per heavy atom. The van der Waals surface area contributed by atoms with Crippen molar-refractivity contribution in [2.24, 2.45) is 10.8 Å². The van der Waals surface area contributed by atoms with E-state index in [0.29, 0.717) is 38.6 Å². The summed E-state index contributed by atoms with van der Waals surface area (Å²) in [7, 11) is 7.17. The Bertz CT molecular complexity index is 1850. The molecule has 0 bridgehead atoms. The molecule has 4 rings (SSSR count). The van der Waals surface area contributed by atoms with Gasteiger partial charge < -0.3 is 31.5 Å². The molecule has 0 aliphatic rings. The Morgan fingerprint density at radius 1 is 0.741 bits per heavy atom. The molecule has 16 heteroatoms. The predicted octanol–water partition coefficient (Wildman–Crippen LogP) is 9.11. The van der Waals surface area contributed by atoms with Crippen molar-refractivity contribution < 1.29 is 9.59 Å². The monoisotopic (exact) mass is 910 g/mol. The number of benzene rings is 2. The normalized spacial score (nSPS) is 10.7. The summed E-state index contributed by atoms with van der Waals surface area (Å²) in [4.78, 5) is 42.6. The van der Waals surface area contributed by atoms with Crippen molar-refractivity contribution in [3.8, 4) is 0 Å². The SMILES string of the molecule is CNC(=O)c1ccc(C)c(Nc2nc(Cl)ncc2Br)c1.CNC(=O)c1ccc(C)c(Nc2nc(N(C)CC(C)(C)C)ncc2Br)c1.CNCC(C)(C)C.Cl. The van der Waals surface area contributed by atoms with Crippen LogP contribution in [0.4, 0.5) is 29.0 Å². The average Bonchev–Trinajstić information content (AvgIpc) is 3.07. The van der Waals surface area contributed by atoms with E-state index in [2.05, 4.69) is 120 Å². The fourth-order valence-corrected chi connectivity index (χ4v) is 5.43. The van der Waals surface area contributed by atoms with E-state index >= 15 is 0 Å². The fraction of sp³-hybridized carbons (Fsp3) is 0.421. The number of carbonyl (C=O) groups excluding carboxylic acids is 2. The molecule has 2 aromatic heterocycles. The van der Waals surface area contributed by atoms with E-state index in [-0.39, 0.29) is 34.9 Å². The molecule has 2 heterocycles. The summed E-state index contributed by atoms with van der Waals surface area (Å²) in [6, 6.07) is 10.9. The fourth-order valence-electron chi connectivity index (χ4n) is 4.71. The first-order valence-corrected chi connectivity index (χ1v) is 18.9. The van der Waals surface area contributed by atoms with Gasteiger partial charge in [-0.05, 0) is 117 Å². The molecule has 2 aromatic carbocycles. The highest BCUT2D eigenvalue weighted by Crippen LogP contribution is 2.29. The van der Waals surface area contributed by atoms with Crippen molar-refractivity contribution in [1.29, 1.82) is 0 Å². The van der Waals surface area contributed by atoms with Crippen LogP contribution in [0.2, 0.25) is 5.28 Å². The topological polar surface area (TPSA) is 149 Å². The van der Waals surface area contributed by atoms with Crippen molar-refractivity contribution in [3.63, 3.8) is 0 Å². The van der Waals surface area contributed by atoms with Crippen LogP contribution in [-0.2, 0) is 0 Å². The Balaban J connectivity index is 0.000000462. The number of nitrogens with zero attached hydrogens (tertiary/aromatic N) is 5. The van der Waals surface area contributed by atoms with E-state index in [0.717, 1.165) is 40.1 Å². The lowest BCUT2D eigenvalue weighted by Crippen LogP contribution is -2.30. The number of hydrogen-bond donors (Lipinski definition) is 5. The lowest BCUT2D eigenvalue weighted by atomic mass is 9.96. The summed E-state index contributed by atoms with van der Waals surface area (Å²) >= 11 is 12.6. The number of hydrogen-bond acceptors (Lipinski definition) is 10. The van der Waals surface area contributed by atoms with Crippen molar-refractivity contribution >= 4 is 96.6 Å². The van der Waals surface area contributed by atoms with Gasteiger partial charge in [-0.1, -0.05) is 53.7 Å². The average molecular weight is 914 g/mol. The highest BCUT2D eigenvalue weighted by molar-refractivity contribution is 9.11. The van der Waals surface area contributed by atoms with E-state index in [4.69, 9.17) is 11.6 Å². The minimum absolute atomic E-state index is 0. The second-order valence-corrected chi connectivity index (χ2v) is 16.7. The molecule has 0 unspecified atom stereocenters. The van der Waals surface area contributed by atoms with Crippen LogP contribution in [0.25, 0.3) is 0 Å². The van der Waals surface area contributed by atoms with Gasteiger partial charge in [0, 0.05) is 62.6 Å². The van der Waals surface area contributed by atoms with Crippen LogP contribution in [0.15, 0.2) is 57.7 Å². The minimum atomic E-state index is -0.146. The summed E-state index contributed by atoms with van der Waals surface area (Å²) in [6.45, 7) is 19.0. The van der Waals surface area contributed by atoms with Crippen LogP contribution >= 0.6 is 55.9 Å². The smallest absolute Gasteiger partial charge is 0.251 e. The highest BCUT2D eigenvalue weighted by Gasteiger charge is 2.17. The zero-order chi connectivity index (χ0) is 40.1. The third kappa shape index (κ3) is 16.4. The number of carbonyl (C=O) groups is 2. The summed E-state index contributed by atoms with van der Waals surface area (Å²) in [5.41, 5.74) is 5.35. The first kappa shape index (κ1) is 48.5. The van der Waals surface area contributed by atoms with Crippen LogP contribution in [0.3, 0.4) is 0 Å². The largest absolute Gasteiger partial charge is 0.355 e. The molecule has 0 aliphatic heterocycles. The Morgan fingerprint density at radius 2 is 1.19 bits per heavy atom. The van der Waals surface area contributed by atoms with Crippen LogP contribution in [-0.4, -0.2) is 73.0 Å². The van der Waals surface area contributed by atoms with E-state index in [1.807, 2.05) is 51.0 Å². The second-order valence-electron chi connectivity index (χ2n) is 14.7.